The molecule has 13 heteroatoms. The van der Waals surface area contributed by atoms with E-state index in [2.05, 4.69) is 15.0 Å². The van der Waals surface area contributed by atoms with E-state index in [-0.39, 0.29) is 18.1 Å². The summed E-state index contributed by atoms with van der Waals surface area (Å²) < 4.78 is 40.1. The third kappa shape index (κ3) is 4.38. The fourth-order valence-corrected chi connectivity index (χ4v) is 4.55. The minimum absolute atomic E-state index is 0.0351. The normalized spacial score (nSPS) is 20.9. The number of piperazine rings is 1. The summed E-state index contributed by atoms with van der Waals surface area (Å²) in [4.78, 5) is 35.6. The van der Waals surface area contributed by atoms with Gasteiger partial charge in [-0.15, -0.1) is 0 Å². The Balaban J connectivity index is 1.60. The number of fused-ring (bicyclic) bond motifs is 1. The number of carbonyl (C=O) groups is 1. The van der Waals surface area contributed by atoms with Gasteiger partial charge in [-0.2, -0.15) is 15.0 Å². The van der Waals surface area contributed by atoms with Gasteiger partial charge in [-0.3, -0.25) is 4.57 Å². The Morgan fingerprint density at radius 3 is 2.42 bits per heavy atom. The SMILES string of the molecule is COC(=O)N1CCN(c2nc(N3CCO[C@@H](C)[C@@H]3C)nc(-n3c(C(F)F)nc4ccccc43)n2)CC1. The molecule has 2 aliphatic rings. The van der Waals surface area contributed by atoms with Crippen LogP contribution in [0.5, 0.6) is 0 Å². The van der Waals surface area contributed by atoms with Gasteiger partial charge in [0.1, 0.15) is 0 Å². The summed E-state index contributed by atoms with van der Waals surface area (Å²) >= 11 is 0. The number of imidazole rings is 1. The Morgan fingerprint density at radius 2 is 1.69 bits per heavy atom. The van der Waals surface area contributed by atoms with E-state index in [1.807, 2.05) is 23.6 Å². The molecule has 0 radical (unpaired) electrons. The lowest BCUT2D eigenvalue weighted by molar-refractivity contribution is 0.0277. The Labute approximate surface area is 206 Å². The molecule has 192 valence electrons. The molecule has 36 heavy (non-hydrogen) atoms. The first-order valence-corrected chi connectivity index (χ1v) is 11.9. The summed E-state index contributed by atoms with van der Waals surface area (Å²) in [5.74, 6) is 0.369. The Bertz CT molecular complexity index is 1250. The number of benzene rings is 1. The fraction of sp³-hybridized carbons (Fsp3) is 0.522. The second kappa shape index (κ2) is 9.80. The van der Waals surface area contributed by atoms with Gasteiger partial charge in [-0.25, -0.2) is 18.6 Å². The van der Waals surface area contributed by atoms with Crippen molar-refractivity contribution in [3.05, 3.63) is 30.1 Å². The van der Waals surface area contributed by atoms with Gasteiger partial charge in [0.2, 0.25) is 17.8 Å². The number of anilines is 2. The van der Waals surface area contributed by atoms with Gasteiger partial charge in [0.15, 0.2) is 5.82 Å². The molecular weight excluding hydrogens is 474 g/mol. The van der Waals surface area contributed by atoms with E-state index >= 15 is 0 Å². The molecule has 0 spiro atoms. The highest BCUT2D eigenvalue weighted by Gasteiger charge is 2.31. The molecule has 2 aliphatic heterocycles. The predicted octanol–water partition coefficient (Wildman–Crippen LogP) is 2.65. The number of morpholine rings is 1. The zero-order valence-corrected chi connectivity index (χ0v) is 20.3. The van der Waals surface area contributed by atoms with Crippen LogP contribution < -0.4 is 9.80 Å². The summed E-state index contributed by atoms with van der Waals surface area (Å²) in [5, 5.41) is 0. The average molecular weight is 503 g/mol. The van der Waals surface area contributed by atoms with Crippen LogP contribution in [-0.2, 0) is 9.47 Å². The molecule has 0 unspecified atom stereocenters. The fourth-order valence-electron chi connectivity index (χ4n) is 4.55. The standard InChI is InChI=1S/C23H28F2N8O3/c1-14-15(2)36-13-12-32(14)21-27-20(30-8-10-31(11-9-30)23(34)35-3)28-22(29-21)33-17-7-5-4-6-16(17)26-19(33)18(24)25/h4-7,14-15,18H,8-13H2,1-3H3/t14-,15-/m0/s1. The van der Waals surface area contributed by atoms with E-state index in [1.54, 1.807) is 29.2 Å². The van der Waals surface area contributed by atoms with Crippen molar-refractivity contribution < 1.29 is 23.0 Å². The molecule has 5 rings (SSSR count). The molecule has 0 aliphatic carbocycles. The van der Waals surface area contributed by atoms with Crippen molar-refractivity contribution >= 4 is 29.0 Å². The molecule has 0 bridgehead atoms. The van der Waals surface area contributed by atoms with Crippen LogP contribution in [0.25, 0.3) is 17.0 Å². The van der Waals surface area contributed by atoms with Crippen LogP contribution >= 0.6 is 0 Å². The summed E-state index contributed by atoms with van der Waals surface area (Å²) in [6.07, 6.45) is -3.28. The van der Waals surface area contributed by atoms with E-state index in [4.69, 9.17) is 14.5 Å². The van der Waals surface area contributed by atoms with Crippen LogP contribution in [0.2, 0.25) is 0 Å². The van der Waals surface area contributed by atoms with Crippen LogP contribution in [0.3, 0.4) is 0 Å². The third-order valence-electron chi connectivity index (χ3n) is 6.72. The maximum atomic E-state index is 14.1. The molecule has 0 N–H and O–H groups in total. The highest BCUT2D eigenvalue weighted by Crippen LogP contribution is 2.29. The van der Waals surface area contributed by atoms with Crippen LogP contribution in [-0.4, -0.2) is 94.1 Å². The Hall–Kier alpha value is -3.61. The van der Waals surface area contributed by atoms with E-state index in [1.165, 1.54) is 11.7 Å². The van der Waals surface area contributed by atoms with Gasteiger partial charge < -0.3 is 24.2 Å². The minimum atomic E-state index is -2.83. The first-order valence-electron chi connectivity index (χ1n) is 11.9. The van der Waals surface area contributed by atoms with E-state index in [0.717, 1.165) is 0 Å². The van der Waals surface area contributed by atoms with Gasteiger partial charge in [-0.05, 0) is 26.0 Å². The number of carbonyl (C=O) groups excluding carboxylic acids is 1. The summed E-state index contributed by atoms with van der Waals surface area (Å²) in [6.45, 7) is 6.80. The molecule has 2 atom stereocenters. The molecular formula is C23H28F2N8O3. The smallest absolute Gasteiger partial charge is 0.409 e. The van der Waals surface area contributed by atoms with Crippen LogP contribution in [0.1, 0.15) is 26.1 Å². The lowest BCUT2D eigenvalue weighted by Crippen LogP contribution is -2.50. The number of hydrogen-bond donors (Lipinski definition) is 0. The zero-order valence-electron chi connectivity index (χ0n) is 20.3. The number of rotatable bonds is 4. The number of para-hydroxylation sites is 2. The third-order valence-corrected chi connectivity index (χ3v) is 6.72. The van der Waals surface area contributed by atoms with Crippen molar-refractivity contribution in [2.75, 3.05) is 56.2 Å². The lowest BCUT2D eigenvalue weighted by atomic mass is 10.1. The number of nitrogens with zero attached hydrogens (tertiary/aromatic N) is 8. The van der Waals surface area contributed by atoms with Gasteiger partial charge in [0, 0.05) is 32.7 Å². The minimum Gasteiger partial charge on any atom is -0.453 e. The van der Waals surface area contributed by atoms with Crippen LogP contribution in [0.15, 0.2) is 24.3 Å². The molecule has 1 amide bonds. The number of aromatic nitrogens is 5. The number of amides is 1. The lowest BCUT2D eigenvalue weighted by Gasteiger charge is -2.38. The molecule has 11 nitrogen and oxygen atoms in total. The number of methoxy groups -OCH3 is 1. The topological polar surface area (TPSA) is 102 Å². The monoisotopic (exact) mass is 502 g/mol. The number of halogens is 2. The molecule has 1 aromatic carbocycles. The van der Waals surface area contributed by atoms with E-state index < -0.39 is 18.3 Å². The highest BCUT2D eigenvalue weighted by atomic mass is 19.3. The Morgan fingerprint density at radius 1 is 1.00 bits per heavy atom. The maximum absolute atomic E-state index is 14.1. The summed E-state index contributed by atoms with van der Waals surface area (Å²) in [7, 11) is 1.35. The summed E-state index contributed by atoms with van der Waals surface area (Å²) in [5.41, 5.74) is 0.908. The zero-order chi connectivity index (χ0) is 25.4. The molecule has 0 saturated carbocycles. The van der Waals surface area contributed by atoms with Crippen LogP contribution in [0.4, 0.5) is 25.5 Å². The molecule has 2 aromatic heterocycles. The molecule has 4 heterocycles. The van der Waals surface area contributed by atoms with Crippen molar-refractivity contribution in [1.82, 2.24) is 29.4 Å². The number of hydrogen-bond acceptors (Lipinski definition) is 9. The summed E-state index contributed by atoms with van der Waals surface area (Å²) in [6, 6.07) is 6.87. The number of alkyl halides is 2. The number of ether oxygens (including phenoxy) is 2. The quantitative estimate of drug-likeness (QED) is 0.533. The molecule has 2 fully saturated rings. The predicted molar refractivity (Wildman–Crippen MR) is 128 cm³/mol. The van der Waals surface area contributed by atoms with Gasteiger partial charge in [0.05, 0.1) is 36.9 Å². The second-order valence-corrected chi connectivity index (χ2v) is 8.78. The molecule has 3 aromatic rings. The Kier molecular flexibility index (Phi) is 6.56. The van der Waals surface area contributed by atoms with Crippen molar-refractivity contribution in [3.63, 3.8) is 0 Å². The van der Waals surface area contributed by atoms with Gasteiger partial charge >= 0.3 is 6.09 Å². The maximum Gasteiger partial charge on any atom is 0.409 e. The van der Waals surface area contributed by atoms with Gasteiger partial charge in [-0.1, -0.05) is 12.1 Å². The first-order chi connectivity index (χ1) is 17.4. The molecule has 2 saturated heterocycles. The van der Waals surface area contributed by atoms with Gasteiger partial charge in [0.25, 0.3) is 6.43 Å². The first kappa shape index (κ1) is 24.1. The second-order valence-electron chi connectivity index (χ2n) is 8.78. The van der Waals surface area contributed by atoms with E-state index in [0.29, 0.717) is 62.3 Å². The van der Waals surface area contributed by atoms with Crippen molar-refractivity contribution in [3.8, 4) is 5.95 Å². The van der Waals surface area contributed by atoms with Crippen molar-refractivity contribution in [2.45, 2.75) is 32.4 Å². The highest BCUT2D eigenvalue weighted by molar-refractivity contribution is 5.77. The average Bonchev–Trinajstić information content (AvgIpc) is 3.30. The van der Waals surface area contributed by atoms with Crippen molar-refractivity contribution in [2.24, 2.45) is 0 Å². The van der Waals surface area contributed by atoms with Crippen LogP contribution in [0, 0.1) is 0 Å². The van der Waals surface area contributed by atoms with E-state index in [9.17, 15) is 13.6 Å². The largest absolute Gasteiger partial charge is 0.453 e. The van der Waals surface area contributed by atoms with Crippen molar-refractivity contribution in [1.29, 1.82) is 0 Å².